The van der Waals surface area contributed by atoms with Crippen molar-refractivity contribution in [1.29, 1.82) is 0 Å². The zero-order chi connectivity index (χ0) is 15.4. The van der Waals surface area contributed by atoms with Gasteiger partial charge in [0, 0.05) is 12.1 Å². The second-order valence-electron chi connectivity index (χ2n) is 5.62. The van der Waals surface area contributed by atoms with Gasteiger partial charge in [0.15, 0.2) is 11.6 Å². The molecule has 0 amide bonds. The Labute approximate surface area is 129 Å². The summed E-state index contributed by atoms with van der Waals surface area (Å²) in [5, 5.41) is 2.97. The molecule has 2 rings (SSSR count). The van der Waals surface area contributed by atoms with Crippen LogP contribution in [0.4, 0.5) is 14.5 Å². The topological polar surface area (TPSA) is 41.3 Å². The third-order valence-electron chi connectivity index (χ3n) is 4.05. The summed E-state index contributed by atoms with van der Waals surface area (Å²) in [6, 6.07) is 2.90. The summed E-state index contributed by atoms with van der Waals surface area (Å²) in [5.74, 6) is -1.24. The Morgan fingerprint density at radius 1 is 1.33 bits per heavy atom. The number of nitrogens with two attached hydrogens (primary N) is 1. The van der Waals surface area contributed by atoms with Gasteiger partial charge in [0.05, 0.1) is 5.69 Å². The van der Waals surface area contributed by atoms with Crippen LogP contribution in [-0.4, -0.2) is 36.6 Å². The number of halogens is 2. The van der Waals surface area contributed by atoms with Gasteiger partial charge in [-0.1, -0.05) is 12.2 Å². The number of thiocarbonyl (C=S) groups is 1. The van der Waals surface area contributed by atoms with Crippen LogP contribution >= 0.6 is 12.2 Å². The molecule has 1 aromatic carbocycles. The van der Waals surface area contributed by atoms with Crippen molar-refractivity contribution in [2.75, 3.05) is 32.0 Å². The van der Waals surface area contributed by atoms with Crippen molar-refractivity contribution in [3.05, 3.63) is 29.3 Å². The molecule has 0 unspecified atom stereocenters. The van der Waals surface area contributed by atoms with E-state index in [0.29, 0.717) is 12.5 Å². The molecule has 0 aliphatic carbocycles. The molecule has 21 heavy (non-hydrogen) atoms. The minimum absolute atomic E-state index is 0.0524. The van der Waals surface area contributed by atoms with Crippen LogP contribution in [0.25, 0.3) is 0 Å². The maximum absolute atomic E-state index is 13.9. The van der Waals surface area contributed by atoms with Crippen molar-refractivity contribution < 1.29 is 8.78 Å². The van der Waals surface area contributed by atoms with Crippen LogP contribution in [0.1, 0.15) is 24.8 Å². The quantitative estimate of drug-likeness (QED) is 0.820. The molecular formula is C15H21F2N3S. The van der Waals surface area contributed by atoms with Crippen molar-refractivity contribution in [1.82, 2.24) is 4.90 Å². The van der Waals surface area contributed by atoms with Gasteiger partial charge >= 0.3 is 0 Å². The summed E-state index contributed by atoms with van der Waals surface area (Å²) in [6.45, 7) is 2.85. The largest absolute Gasteiger partial charge is 0.389 e. The molecule has 0 spiro atoms. The minimum atomic E-state index is -0.980. The second kappa shape index (κ2) is 7.13. The first-order valence-electron chi connectivity index (χ1n) is 7.19. The van der Waals surface area contributed by atoms with Crippen molar-refractivity contribution in [2.45, 2.75) is 19.3 Å². The van der Waals surface area contributed by atoms with E-state index < -0.39 is 11.6 Å². The SMILES string of the molecule is CN1CCC(CCNc2ccc(C(N)=S)c(F)c2F)CC1. The molecule has 116 valence electrons. The molecule has 0 saturated carbocycles. The van der Waals surface area contributed by atoms with Crippen LogP contribution in [0.2, 0.25) is 0 Å². The first-order valence-corrected chi connectivity index (χ1v) is 7.60. The molecule has 1 saturated heterocycles. The van der Waals surface area contributed by atoms with Gasteiger partial charge in [0.1, 0.15) is 4.99 Å². The van der Waals surface area contributed by atoms with Crippen LogP contribution in [0.3, 0.4) is 0 Å². The van der Waals surface area contributed by atoms with Gasteiger partial charge in [-0.2, -0.15) is 0 Å². The molecule has 1 heterocycles. The van der Waals surface area contributed by atoms with E-state index >= 15 is 0 Å². The summed E-state index contributed by atoms with van der Waals surface area (Å²) in [5.41, 5.74) is 5.46. The van der Waals surface area contributed by atoms with Gasteiger partial charge in [0.25, 0.3) is 0 Å². The van der Waals surface area contributed by atoms with E-state index in [9.17, 15) is 8.78 Å². The van der Waals surface area contributed by atoms with Crippen LogP contribution in [-0.2, 0) is 0 Å². The maximum atomic E-state index is 13.9. The number of benzene rings is 1. The summed E-state index contributed by atoms with van der Waals surface area (Å²) in [4.78, 5) is 2.18. The molecule has 1 aliphatic heterocycles. The number of likely N-dealkylation sites (tertiary alicyclic amines) is 1. The molecule has 6 heteroatoms. The standard InChI is InChI=1S/C15H21F2N3S/c1-20-8-5-10(6-9-20)4-7-19-12-3-2-11(15(18)21)13(16)14(12)17/h2-3,10,19H,4-9H2,1H3,(H2,18,21). The fourth-order valence-corrected chi connectivity index (χ4v) is 2.80. The van der Waals surface area contributed by atoms with E-state index in [0.717, 1.165) is 32.4 Å². The number of hydrogen-bond acceptors (Lipinski definition) is 3. The first kappa shape index (κ1) is 16.1. The van der Waals surface area contributed by atoms with Gasteiger partial charge in [-0.15, -0.1) is 0 Å². The van der Waals surface area contributed by atoms with E-state index in [-0.39, 0.29) is 16.2 Å². The molecule has 3 nitrogen and oxygen atoms in total. The van der Waals surface area contributed by atoms with Crippen LogP contribution in [0, 0.1) is 17.6 Å². The lowest BCUT2D eigenvalue weighted by molar-refractivity contribution is 0.215. The number of nitrogens with zero attached hydrogens (tertiary/aromatic N) is 1. The Morgan fingerprint density at radius 3 is 2.62 bits per heavy atom. The molecule has 0 radical (unpaired) electrons. The summed E-state index contributed by atoms with van der Waals surface area (Å²) in [7, 11) is 2.12. The van der Waals surface area contributed by atoms with Gasteiger partial charge in [0.2, 0.25) is 0 Å². The number of nitrogens with one attached hydrogen (secondary N) is 1. The molecule has 0 bridgehead atoms. The minimum Gasteiger partial charge on any atom is -0.389 e. The lowest BCUT2D eigenvalue weighted by atomic mass is 9.94. The lowest BCUT2D eigenvalue weighted by Crippen LogP contribution is -2.30. The Bertz CT molecular complexity index is 514. The van der Waals surface area contributed by atoms with Crippen molar-refractivity contribution in [3.63, 3.8) is 0 Å². The molecule has 3 N–H and O–H groups in total. The zero-order valence-corrected chi connectivity index (χ0v) is 13.0. The molecular weight excluding hydrogens is 292 g/mol. The highest BCUT2D eigenvalue weighted by atomic mass is 32.1. The number of rotatable bonds is 5. The third-order valence-corrected chi connectivity index (χ3v) is 4.27. The second-order valence-corrected chi connectivity index (χ2v) is 6.05. The van der Waals surface area contributed by atoms with E-state index in [4.69, 9.17) is 5.73 Å². The maximum Gasteiger partial charge on any atom is 0.182 e. The smallest absolute Gasteiger partial charge is 0.182 e. The molecule has 0 atom stereocenters. The number of anilines is 1. The van der Waals surface area contributed by atoms with Crippen LogP contribution in [0.15, 0.2) is 12.1 Å². The highest BCUT2D eigenvalue weighted by molar-refractivity contribution is 7.80. The van der Waals surface area contributed by atoms with E-state index in [2.05, 4.69) is 29.5 Å². The van der Waals surface area contributed by atoms with Gasteiger partial charge in [-0.3, -0.25) is 0 Å². The van der Waals surface area contributed by atoms with Crippen molar-refractivity contribution in [2.24, 2.45) is 11.7 Å². The van der Waals surface area contributed by atoms with Crippen molar-refractivity contribution in [3.8, 4) is 0 Å². The monoisotopic (exact) mass is 313 g/mol. The lowest BCUT2D eigenvalue weighted by Gasteiger charge is -2.29. The first-order chi connectivity index (χ1) is 9.99. The average Bonchev–Trinajstić information content (AvgIpc) is 2.45. The zero-order valence-electron chi connectivity index (χ0n) is 12.2. The van der Waals surface area contributed by atoms with E-state index in [1.54, 1.807) is 0 Å². The molecule has 1 fully saturated rings. The molecule has 1 aliphatic rings. The fourth-order valence-electron chi connectivity index (χ4n) is 2.64. The normalized spacial score (nSPS) is 16.9. The van der Waals surface area contributed by atoms with Gasteiger partial charge < -0.3 is 16.0 Å². The highest BCUT2D eigenvalue weighted by Gasteiger charge is 2.17. The highest BCUT2D eigenvalue weighted by Crippen LogP contribution is 2.23. The summed E-state index contributed by atoms with van der Waals surface area (Å²) < 4.78 is 27.6. The Morgan fingerprint density at radius 2 is 2.00 bits per heavy atom. The predicted octanol–water partition coefficient (Wildman–Crippen LogP) is 2.74. The van der Waals surface area contributed by atoms with E-state index in [1.165, 1.54) is 12.1 Å². The molecule has 0 aromatic heterocycles. The van der Waals surface area contributed by atoms with Gasteiger partial charge in [-0.25, -0.2) is 8.78 Å². The Kier molecular flexibility index (Phi) is 5.47. The van der Waals surface area contributed by atoms with Crippen LogP contribution < -0.4 is 11.1 Å². The average molecular weight is 313 g/mol. The fraction of sp³-hybridized carbons (Fsp3) is 0.533. The molecule has 1 aromatic rings. The Hall–Kier alpha value is -1.27. The van der Waals surface area contributed by atoms with Crippen LogP contribution in [0.5, 0.6) is 0 Å². The third kappa shape index (κ3) is 4.11. The summed E-state index contributed by atoms with van der Waals surface area (Å²) in [6.07, 6.45) is 3.29. The Balaban J connectivity index is 1.89. The summed E-state index contributed by atoms with van der Waals surface area (Å²) >= 11 is 4.68. The van der Waals surface area contributed by atoms with Crippen molar-refractivity contribution >= 4 is 22.9 Å². The van der Waals surface area contributed by atoms with E-state index in [1.807, 2.05) is 0 Å². The number of hydrogen-bond donors (Lipinski definition) is 2. The number of piperidine rings is 1. The van der Waals surface area contributed by atoms with Gasteiger partial charge in [-0.05, 0) is 57.5 Å². The predicted molar refractivity (Wildman–Crippen MR) is 85.6 cm³/mol.